The first-order valence-electron chi connectivity index (χ1n) is 11.4. The Morgan fingerprint density at radius 1 is 1.26 bits per heavy atom. The number of nitrogens with zero attached hydrogens (tertiary/aromatic N) is 3. The number of pyridine rings is 1. The van der Waals surface area contributed by atoms with E-state index in [1.807, 2.05) is 0 Å². The zero-order chi connectivity index (χ0) is 24.7. The summed E-state index contributed by atoms with van der Waals surface area (Å²) in [5.41, 5.74) is 5.71. The molecule has 7 nitrogen and oxygen atoms in total. The first-order chi connectivity index (χ1) is 16.0. The minimum absolute atomic E-state index is 0.0781. The second-order valence-corrected chi connectivity index (χ2v) is 9.59. The van der Waals surface area contributed by atoms with E-state index in [9.17, 15) is 23.3 Å². The predicted octanol–water partition coefficient (Wildman–Crippen LogP) is 5.78. The molecule has 0 spiro atoms. The summed E-state index contributed by atoms with van der Waals surface area (Å²) in [6.45, 7) is 1.02. The van der Waals surface area contributed by atoms with Crippen molar-refractivity contribution in [3.8, 4) is 11.3 Å². The van der Waals surface area contributed by atoms with Crippen molar-refractivity contribution in [2.45, 2.75) is 50.6 Å². The molecule has 0 atom stereocenters. The zero-order valence-electron chi connectivity index (χ0n) is 19.3. The van der Waals surface area contributed by atoms with Crippen LogP contribution in [0.2, 0.25) is 0 Å². The van der Waals surface area contributed by atoms with Crippen molar-refractivity contribution in [1.29, 1.82) is 0 Å². The molecule has 0 aliphatic heterocycles. The number of nitrogens with two attached hydrogens (primary N) is 1. The average Bonchev–Trinajstić information content (AvgIpc) is 3.52. The van der Waals surface area contributed by atoms with Crippen LogP contribution < -0.4 is 10.6 Å². The van der Waals surface area contributed by atoms with Crippen LogP contribution in [0.5, 0.6) is 0 Å². The van der Waals surface area contributed by atoms with E-state index in [4.69, 9.17) is 10.5 Å². The number of methoxy groups -OCH3 is 1. The summed E-state index contributed by atoms with van der Waals surface area (Å²) < 4.78 is 46.8. The lowest BCUT2D eigenvalue weighted by molar-refractivity contribution is -0.383. The summed E-state index contributed by atoms with van der Waals surface area (Å²) >= 11 is 0. The zero-order valence-corrected chi connectivity index (χ0v) is 19.3. The second-order valence-electron chi connectivity index (χ2n) is 9.59. The summed E-state index contributed by atoms with van der Waals surface area (Å²) in [4.78, 5) is 17.1. The van der Waals surface area contributed by atoms with Gasteiger partial charge in [0.1, 0.15) is 5.69 Å². The molecule has 0 amide bonds. The molecule has 2 aromatic rings. The Kier molecular flexibility index (Phi) is 6.46. The van der Waals surface area contributed by atoms with Crippen molar-refractivity contribution in [2.24, 2.45) is 5.41 Å². The van der Waals surface area contributed by atoms with Gasteiger partial charge in [-0.1, -0.05) is 25.0 Å². The molecule has 2 N–H and O–H groups in total. The number of alkyl halides is 3. The van der Waals surface area contributed by atoms with Crippen LogP contribution in [0.3, 0.4) is 0 Å². The number of nitrogen functional groups attached to an aromatic ring is 1. The Labute approximate surface area is 196 Å². The minimum Gasteiger partial charge on any atom is -0.384 e. The number of hydrogen-bond donors (Lipinski definition) is 1. The van der Waals surface area contributed by atoms with Crippen molar-refractivity contribution in [1.82, 2.24) is 4.98 Å². The fourth-order valence-corrected chi connectivity index (χ4v) is 5.25. The number of aromatic nitrogens is 1. The summed E-state index contributed by atoms with van der Waals surface area (Å²) in [5, 5.41) is 11.8. The standard InChI is InChI=1S/C24H29F3N4O3/c1-30(13-23(14-34-2)9-3-4-10-23)20-12-19(29-22(28)21(20)31(32)33)16-7-8-17(15-5-6-15)18(11-16)24(25,26)27/h7-8,11-12,15H,3-6,9-10,13-14H2,1-2H3,(H2,28,29). The molecule has 0 saturated heterocycles. The highest BCUT2D eigenvalue weighted by Crippen LogP contribution is 2.47. The van der Waals surface area contributed by atoms with E-state index in [-0.39, 0.29) is 45.3 Å². The highest BCUT2D eigenvalue weighted by atomic mass is 19.4. The van der Waals surface area contributed by atoms with Crippen LogP contribution in [0.4, 0.5) is 30.4 Å². The first kappa shape index (κ1) is 24.3. The van der Waals surface area contributed by atoms with Gasteiger partial charge in [0.15, 0.2) is 0 Å². The minimum atomic E-state index is -4.51. The first-order valence-corrected chi connectivity index (χ1v) is 11.4. The summed E-state index contributed by atoms with van der Waals surface area (Å²) in [6, 6.07) is 5.62. The molecule has 0 unspecified atom stereocenters. The van der Waals surface area contributed by atoms with Gasteiger partial charge in [-0.3, -0.25) is 10.1 Å². The van der Waals surface area contributed by atoms with Crippen LogP contribution in [0.25, 0.3) is 11.3 Å². The molecule has 1 aromatic carbocycles. The van der Waals surface area contributed by atoms with Crippen LogP contribution in [0.1, 0.15) is 55.6 Å². The summed E-state index contributed by atoms with van der Waals surface area (Å²) in [7, 11) is 3.37. The molecule has 1 aromatic heterocycles. The predicted molar refractivity (Wildman–Crippen MR) is 124 cm³/mol. The third-order valence-corrected chi connectivity index (χ3v) is 6.95. The second kappa shape index (κ2) is 9.05. The van der Waals surface area contributed by atoms with Crippen molar-refractivity contribution in [2.75, 3.05) is 37.9 Å². The molecular formula is C24H29F3N4O3. The SMILES string of the molecule is COCC1(CN(C)c2cc(-c3ccc(C4CC4)c(C(F)(F)F)c3)nc(N)c2[N+](=O)[O-])CCCC1. The van der Waals surface area contributed by atoms with Crippen LogP contribution in [-0.4, -0.2) is 37.2 Å². The Bertz CT molecular complexity index is 1080. The van der Waals surface area contributed by atoms with Crippen molar-refractivity contribution in [3.63, 3.8) is 0 Å². The van der Waals surface area contributed by atoms with Gasteiger partial charge in [0.25, 0.3) is 0 Å². The largest absolute Gasteiger partial charge is 0.416 e. The van der Waals surface area contributed by atoms with Crippen molar-refractivity contribution in [3.05, 3.63) is 45.5 Å². The van der Waals surface area contributed by atoms with Crippen LogP contribution in [-0.2, 0) is 10.9 Å². The van der Waals surface area contributed by atoms with Crippen molar-refractivity contribution < 1.29 is 22.8 Å². The quantitative estimate of drug-likeness (QED) is 0.382. The highest BCUT2D eigenvalue weighted by molar-refractivity contribution is 5.79. The monoisotopic (exact) mass is 478 g/mol. The van der Waals surface area contributed by atoms with E-state index in [1.54, 1.807) is 25.1 Å². The molecular weight excluding hydrogens is 449 g/mol. The average molecular weight is 479 g/mol. The fourth-order valence-electron chi connectivity index (χ4n) is 5.25. The molecule has 2 aliphatic carbocycles. The lowest BCUT2D eigenvalue weighted by Gasteiger charge is -2.34. The Hall–Kier alpha value is -2.88. The van der Waals surface area contributed by atoms with Crippen LogP contribution >= 0.6 is 0 Å². The topological polar surface area (TPSA) is 94.5 Å². The Morgan fingerprint density at radius 3 is 2.50 bits per heavy atom. The van der Waals surface area contributed by atoms with Gasteiger partial charge in [0, 0.05) is 31.7 Å². The number of ether oxygens (including phenoxy) is 1. The van der Waals surface area contributed by atoms with Gasteiger partial charge >= 0.3 is 11.9 Å². The Balaban J connectivity index is 1.77. The third-order valence-electron chi connectivity index (χ3n) is 6.95. The maximum atomic E-state index is 13.8. The molecule has 2 fully saturated rings. The number of rotatable bonds is 8. The van der Waals surface area contributed by atoms with E-state index in [1.165, 1.54) is 12.1 Å². The van der Waals surface area contributed by atoms with Crippen LogP contribution in [0, 0.1) is 15.5 Å². The number of halogens is 3. The smallest absolute Gasteiger partial charge is 0.384 e. The molecule has 34 heavy (non-hydrogen) atoms. The normalized spacial score (nSPS) is 17.7. The highest BCUT2D eigenvalue weighted by Gasteiger charge is 2.39. The molecule has 0 bridgehead atoms. The van der Waals surface area contributed by atoms with E-state index in [2.05, 4.69) is 4.98 Å². The molecule has 10 heteroatoms. The molecule has 0 radical (unpaired) electrons. The van der Waals surface area contributed by atoms with E-state index in [0.29, 0.717) is 13.2 Å². The van der Waals surface area contributed by atoms with Gasteiger partial charge < -0.3 is 15.4 Å². The molecule has 4 rings (SSSR count). The van der Waals surface area contributed by atoms with E-state index < -0.39 is 16.7 Å². The summed E-state index contributed by atoms with van der Waals surface area (Å²) in [5.74, 6) is -0.401. The van der Waals surface area contributed by atoms with E-state index in [0.717, 1.165) is 44.6 Å². The lowest BCUT2D eigenvalue weighted by atomic mass is 9.86. The van der Waals surface area contributed by atoms with Crippen LogP contribution in [0.15, 0.2) is 24.3 Å². The number of anilines is 2. The number of hydrogen-bond acceptors (Lipinski definition) is 6. The van der Waals surface area contributed by atoms with Gasteiger partial charge in [-0.15, -0.1) is 0 Å². The van der Waals surface area contributed by atoms with Gasteiger partial charge in [-0.05, 0) is 49.3 Å². The van der Waals surface area contributed by atoms with Gasteiger partial charge in [0.2, 0.25) is 5.82 Å². The molecule has 1 heterocycles. The van der Waals surface area contributed by atoms with Gasteiger partial charge in [0.05, 0.1) is 22.8 Å². The number of benzene rings is 1. The molecule has 2 aliphatic rings. The molecule has 2 saturated carbocycles. The lowest BCUT2D eigenvalue weighted by Crippen LogP contribution is -2.37. The summed E-state index contributed by atoms with van der Waals surface area (Å²) in [6.07, 6.45) is 0.947. The van der Waals surface area contributed by atoms with Gasteiger partial charge in [-0.2, -0.15) is 13.2 Å². The van der Waals surface area contributed by atoms with Gasteiger partial charge in [-0.25, -0.2) is 4.98 Å². The fraction of sp³-hybridized carbons (Fsp3) is 0.542. The van der Waals surface area contributed by atoms with E-state index >= 15 is 0 Å². The number of nitro groups is 1. The third kappa shape index (κ3) is 4.82. The Morgan fingerprint density at radius 2 is 1.94 bits per heavy atom. The molecule has 184 valence electrons. The van der Waals surface area contributed by atoms with Crippen molar-refractivity contribution >= 4 is 17.2 Å². The maximum Gasteiger partial charge on any atom is 0.416 e. The maximum absolute atomic E-state index is 13.8.